The maximum atomic E-state index is 12.4. The van der Waals surface area contributed by atoms with Gasteiger partial charge in [-0.1, -0.05) is 66.2 Å². The molecule has 0 amide bonds. The molecular weight excluding hydrogens is 524 g/mol. The molecule has 0 aliphatic carbocycles. The van der Waals surface area contributed by atoms with Crippen molar-refractivity contribution < 1.29 is 23.0 Å². The van der Waals surface area contributed by atoms with Gasteiger partial charge >= 0.3 is 0 Å². The molecule has 4 aromatic carbocycles. The Bertz CT molecular complexity index is 1510. The average Bonchev–Trinajstić information content (AvgIpc) is 2.98. The summed E-state index contributed by atoms with van der Waals surface area (Å²) in [4.78, 5) is 0.166. The number of hydrogen-bond donors (Lipinski definition) is 3. The van der Waals surface area contributed by atoms with Crippen molar-refractivity contribution in [1.29, 1.82) is 0 Å². The van der Waals surface area contributed by atoms with Gasteiger partial charge < -0.3 is 19.9 Å². The number of aryl methyl sites for hydroxylation is 1. The number of nitrogens with one attached hydrogen (secondary N) is 2. The van der Waals surface area contributed by atoms with Crippen LogP contribution in [0.3, 0.4) is 0 Å². The van der Waals surface area contributed by atoms with E-state index in [2.05, 4.69) is 46.4 Å². The van der Waals surface area contributed by atoms with E-state index in [9.17, 15) is 13.5 Å². The number of ether oxygens (including phenoxy) is 2. The van der Waals surface area contributed by atoms with Gasteiger partial charge in [0.25, 0.3) is 0 Å². The van der Waals surface area contributed by atoms with Crippen molar-refractivity contribution in [2.24, 2.45) is 0 Å². The van der Waals surface area contributed by atoms with E-state index in [-0.39, 0.29) is 30.1 Å². The summed E-state index contributed by atoms with van der Waals surface area (Å²) in [6.45, 7) is 4.01. The number of rotatable bonds is 11. The lowest BCUT2D eigenvalue weighted by Crippen LogP contribution is -2.40. The zero-order valence-electron chi connectivity index (χ0n) is 22.6. The third-order valence-electron chi connectivity index (χ3n) is 7.30. The molecule has 5 rings (SSSR count). The van der Waals surface area contributed by atoms with E-state index in [4.69, 9.17) is 9.47 Å². The number of aliphatic hydroxyl groups is 1. The van der Waals surface area contributed by atoms with E-state index < -0.39 is 16.1 Å². The van der Waals surface area contributed by atoms with Gasteiger partial charge in [-0.15, -0.1) is 0 Å². The Labute approximate surface area is 236 Å². The third kappa shape index (κ3) is 7.27. The molecule has 3 N–H and O–H groups in total. The molecule has 0 saturated carbocycles. The van der Waals surface area contributed by atoms with Gasteiger partial charge in [-0.3, -0.25) is 0 Å². The Morgan fingerprint density at radius 3 is 2.50 bits per heavy atom. The third-order valence-corrected chi connectivity index (χ3v) is 8.73. The highest BCUT2D eigenvalue weighted by atomic mass is 32.2. The fourth-order valence-corrected chi connectivity index (χ4v) is 6.06. The van der Waals surface area contributed by atoms with Gasteiger partial charge in [-0.05, 0) is 72.1 Å². The highest BCUT2D eigenvalue weighted by molar-refractivity contribution is 7.89. The van der Waals surface area contributed by atoms with Crippen LogP contribution in [0.4, 0.5) is 0 Å². The van der Waals surface area contributed by atoms with Crippen molar-refractivity contribution in [3.63, 3.8) is 0 Å². The first-order valence-corrected chi connectivity index (χ1v) is 15.1. The molecule has 210 valence electrons. The van der Waals surface area contributed by atoms with Crippen molar-refractivity contribution in [1.82, 2.24) is 10.0 Å². The predicted octanol–water partition coefficient (Wildman–Crippen LogP) is 4.53. The van der Waals surface area contributed by atoms with Crippen LogP contribution in [0.5, 0.6) is 5.75 Å². The molecule has 4 aromatic rings. The fraction of sp³-hybridized carbons (Fsp3) is 0.312. The molecule has 0 bridgehead atoms. The monoisotopic (exact) mass is 560 g/mol. The summed E-state index contributed by atoms with van der Waals surface area (Å²) in [6.07, 6.45) is 0.0372. The zero-order valence-corrected chi connectivity index (χ0v) is 23.4. The van der Waals surface area contributed by atoms with Crippen molar-refractivity contribution >= 4 is 20.8 Å². The molecule has 1 aliphatic heterocycles. The molecule has 1 fully saturated rings. The first-order chi connectivity index (χ1) is 19.4. The van der Waals surface area contributed by atoms with Crippen LogP contribution in [-0.4, -0.2) is 52.0 Å². The lowest BCUT2D eigenvalue weighted by molar-refractivity contribution is 0.0106. The second-order valence-corrected chi connectivity index (χ2v) is 12.1. The number of fused-ring (bicyclic) bond motifs is 1. The highest BCUT2D eigenvalue weighted by Gasteiger charge is 2.27. The number of hydrogen-bond acceptors (Lipinski definition) is 6. The van der Waals surface area contributed by atoms with Gasteiger partial charge in [0.1, 0.15) is 18.5 Å². The molecule has 40 heavy (non-hydrogen) atoms. The number of piperidine rings is 1. The quantitative estimate of drug-likeness (QED) is 0.250. The topological polar surface area (TPSA) is 96.9 Å². The lowest BCUT2D eigenvalue weighted by Gasteiger charge is -2.32. The summed E-state index contributed by atoms with van der Waals surface area (Å²) >= 11 is 0. The number of sulfonamides is 1. The van der Waals surface area contributed by atoms with Crippen LogP contribution in [0.2, 0.25) is 0 Å². The Morgan fingerprint density at radius 1 is 0.975 bits per heavy atom. The van der Waals surface area contributed by atoms with Gasteiger partial charge in [0.15, 0.2) is 0 Å². The van der Waals surface area contributed by atoms with E-state index in [1.807, 2.05) is 37.3 Å². The highest BCUT2D eigenvalue weighted by Crippen LogP contribution is 2.30. The summed E-state index contributed by atoms with van der Waals surface area (Å²) < 4.78 is 39.5. The molecule has 0 radical (unpaired) electrons. The SMILES string of the molecule is Cc1ccc(S(=O)(=O)NCC(O)COc2ccc(C3CCNCC3OCc3ccc4ccccc4c3)cc2)cc1. The Hall–Kier alpha value is -3.27. The van der Waals surface area contributed by atoms with Crippen molar-refractivity contribution in [2.45, 2.75) is 43.0 Å². The Morgan fingerprint density at radius 2 is 1.73 bits per heavy atom. The van der Waals surface area contributed by atoms with Gasteiger partial charge in [-0.2, -0.15) is 0 Å². The molecule has 0 aromatic heterocycles. The number of benzene rings is 4. The maximum absolute atomic E-state index is 12.4. The molecule has 8 heteroatoms. The lowest BCUT2D eigenvalue weighted by atomic mass is 9.87. The molecule has 0 spiro atoms. The minimum Gasteiger partial charge on any atom is -0.491 e. The normalized spacial score (nSPS) is 18.4. The molecule has 3 atom stereocenters. The summed E-state index contributed by atoms with van der Waals surface area (Å²) in [5.74, 6) is 0.879. The molecular formula is C32H36N2O5S. The fourth-order valence-electron chi connectivity index (χ4n) is 4.99. The first kappa shape index (κ1) is 28.3. The van der Waals surface area contributed by atoms with E-state index in [0.29, 0.717) is 12.4 Å². The van der Waals surface area contributed by atoms with Gasteiger partial charge in [0, 0.05) is 19.0 Å². The zero-order chi connectivity index (χ0) is 28.0. The summed E-state index contributed by atoms with van der Waals surface area (Å²) in [6, 6.07) is 29.2. The first-order valence-electron chi connectivity index (χ1n) is 13.6. The van der Waals surface area contributed by atoms with E-state index in [1.165, 1.54) is 16.3 Å². The Kier molecular flexibility index (Phi) is 9.14. The molecule has 1 aliphatic rings. The minimum absolute atomic E-state index is 0.0272. The second kappa shape index (κ2) is 12.9. The summed E-state index contributed by atoms with van der Waals surface area (Å²) in [7, 11) is -3.69. The van der Waals surface area contributed by atoms with Crippen molar-refractivity contribution in [3.05, 3.63) is 108 Å². The van der Waals surface area contributed by atoms with Crippen LogP contribution in [0.1, 0.15) is 29.0 Å². The van der Waals surface area contributed by atoms with Crippen LogP contribution >= 0.6 is 0 Å². The van der Waals surface area contributed by atoms with Crippen LogP contribution in [0.25, 0.3) is 10.8 Å². The standard InChI is InChI=1S/C32H36N2O5S/c1-23-6-14-30(15-7-23)40(36,37)34-19-28(35)22-38-29-12-10-26(11-13-29)31-16-17-33-20-32(31)39-21-24-8-9-25-4-2-3-5-27(25)18-24/h2-15,18,28,31-35H,16-17,19-22H2,1H3. The van der Waals surface area contributed by atoms with Gasteiger partial charge in [0.2, 0.25) is 10.0 Å². The number of aliphatic hydroxyl groups excluding tert-OH is 1. The van der Waals surface area contributed by atoms with Gasteiger partial charge in [0.05, 0.1) is 17.6 Å². The average molecular weight is 561 g/mol. The summed E-state index contributed by atoms with van der Waals surface area (Å²) in [5, 5.41) is 16.2. The molecule has 3 unspecified atom stereocenters. The van der Waals surface area contributed by atoms with E-state index in [0.717, 1.165) is 30.6 Å². The van der Waals surface area contributed by atoms with E-state index >= 15 is 0 Å². The minimum atomic E-state index is -3.69. The molecule has 1 heterocycles. The summed E-state index contributed by atoms with van der Waals surface area (Å²) in [5.41, 5.74) is 3.32. The largest absolute Gasteiger partial charge is 0.491 e. The van der Waals surface area contributed by atoms with Crippen LogP contribution in [-0.2, 0) is 21.4 Å². The van der Waals surface area contributed by atoms with E-state index in [1.54, 1.807) is 24.3 Å². The van der Waals surface area contributed by atoms with Gasteiger partial charge in [-0.25, -0.2) is 13.1 Å². The van der Waals surface area contributed by atoms with Crippen molar-refractivity contribution in [2.75, 3.05) is 26.2 Å². The van der Waals surface area contributed by atoms with Crippen LogP contribution in [0, 0.1) is 6.92 Å². The van der Waals surface area contributed by atoms with Crippen LogP contribution in [0.15, 0.2) is 95.9 Å². The molecule has 1 saturated heterocycles. The molecule has 7 nitrogen and oxygen atoms in total. The Balaban J connectivity index is 1.12. The van der Waals surface area contributed by atoms with Crippen LogP contribution < -0.4 is 14.8 Å². The second-order valence-electron chi connectivity index (χ2n) is 10.3. The maximum Gasteiger partial charge on any atom is 0.240 e. The van der Waals surface area contributed by atoms with Crippen molar-refractivity contribution in [3.8, 4) is 5.75 Å². The smallest absolute Gasteiger partial charge is 0.240 e. The predicted molar refractivity (Wildman–Crippen MR) is 157 cm³/mol.